The molecule has 2 heterocycles. The normalized spacial score (nSPS) is 21.6. The molecule has 0 spiro atoms. The van der Waals surface area contributed by atoms with E-state index in [0.717, 1.165) is 45.6 Å². The lowest BCUT2D eigenvalue weighted by Crippen LogP contribution is -2.52. The van der Waals surface area contributed by atoms with E-state index >= 15 is 0 Å². The number of hydrogen-bond acceptors (Lipinski definition) is 3. The molecule has 0 aliphatic carbocycles. The molecule has 5 nitrogen and oxygen atoms in total. The Bertz CT molecular complexity index is 569. The summed E-state index contributed by atoms with van der Waals surface area (Å²) >= 11 is 0. The molecule has 0 saturated carbocycles. The van der Waals surface area contributed by atoms with Crippen molar-refractivity contribution in [2.75, 3.05) is 51.2 Å². The Balaban J connectivity index is 1.43. The van der Waals surface area contributed by atoms with Gasteiger partial charge >= 0.3 is 6.03 Å². The molecule has 1 N–H and O–H groups in total. The zero-order valence-corrected chi connectivity index (χ0v) is 15.7. The molecular weight excluding hydrogens is 312 g/mol. The Morgan fingerprint density at radius 2 is 1.92 bits per heavy atom. The minimum atomic E-state index is 0.101. The molecular formula is C20H32N4O. The number of rotatable bonds is 5. The summed E-state index contributed by atoms with van der Waals surface area (Å²) in [5, 5.41) is 3.12. The summed E-state index contributed by atoms with van der Waals surface area (Å²) in [5.74, 6) is 0. The lowest BCUT2D eigenvalue weighted by molar-refractivity contribution is 0.192. The van der Waals surface area contributed by atoms with Crippen molar-refractivity contribution in [2.24, 2.45) is 0 Å². The van der Waals surface area contributed by atoms with E-state index in [1.54, 1.807) is 0 Å². The lowest BCUT2D eigenvalue weighted by Gasteiger charge is -2.37. The zero-order chi connectivity index (χ0) is 17.6. The SMILES string of the molecule is CCc1ccccc1N1CCN(C(=O)NCC[C@@H]2CCCN2C)CC1. The summed E-state index contributed by atoms with van der Waals surface area (Å²) in [4.78, 5) is 19.2. The van der Waals surface area contributed by atoms with Gasteiger partial charge in [0.1, 0.15) is 0 Å². The topological polar surface area (TPSA) is 38.8 Å². The first-order chi connectivity index (χ1) is 12.2. The van der Waals surface area contributed by atoms with Gasteiger partial charge in [0.05, 0.1) is 0 Å². The number of piperazine rings is 1. The molecule has 25 heavy (non-hydrogen) atoms. The maximum atomic E-state index is 12.4. The molecule has 3 rings (SSSR count). The highest BCUT2D eigenvalue weighted by atomic mass is 16.2. The number of para-hydroxylation sites is 1. The van der Waals surface area contributed by atoms with E-state index in [1.165, 1.54) is 30.6 Å². The van der Waals surface area contributed by atoms with E-state index in [-0.39, 0.29) is 6.03 Å². The number of urea groups is 1. The number of aryl methyl sites for hydroxylation is 1. The van der Waals surface area contributed by atoms with Crippen LogP contribution in [0.15, 0.2) is 24.3 Å². The van der Waals surface area contributed by atoms with Crippen LogP contribution in [-0.2, 0) is 6.42 Å². The molecule has 0 aromatic heterocycles. The number of nitrogens with one attached hydrogen (secondary N) is 1. The van der Waals surface area contributed by atoms with Crippen molar-refractivity contribution in [1.29, 1.82) is 0 Å². The first-order valence-electron chi connectivity index (χ1n) is 9.75. The quantitative estimate of drug-likeness (QED) is 0.892. The Hall–Kier alpha value is -1.75. The highest BCUT2D eigenvalue weighted by Crippen LogP contribution is 2.22. The largest absolute Gasteiger partial charge is 0.368 e. The van der Waals surface area contributed by atoms with Gasteiger partial charge in [0.25, 0.3) is 0 Å². The highest BCUT2D eigenvalue weighted by molar-refractivity contribution is 5.74. The third kappa shape index (κ3) is 4.46. The maximum Gasteiger partial charge on any atom is 0.317 e. The van der Waals surface area contributed by atoms with Crippen molar-refractivity contribution in [1.82, 2.24) is 15.1 Å². The summed E-state index contributed by atoms with van der Waals surface area (Å²) in [6, 6.07) is 9.36. The van der Waals surface area contributed by atoms with E-state index in [1.807, 2.05) is 4.90 Å². The molecule has 2 fully saturated rings. The third-order valence-corrected chi connectivity index (χ3v) is 5.71. The molecule has 2 saturated heterocycles. The van der Waals surface area contributed by atoms with Crippen molar-refractivity contribution in [2.45, 2.75) is 38.6 Å². The molecule has 0 unspecified atom stereocenters. The van der Waals surface area contributed by atoms with E-state index in [9.17, 15) is 4.79 Å². The fourth-order valence-corrected chi connectivity index (χ4v) is 4.07. The van der Waals surface area contributed by atoms with Crippen molar-refractivity contribution < 1.29 is 4.79 Å². The molecule has 1 atom stereocenters. The van der Waals surface area contributed by atoms with Crippen molar-refractivity contribution in [3.63, 3.8) is 0 Å². The summed E-state index contributed by atoms with van der Waals surface area (Å²) in [6.07, 6.45) is 4.66. The van der Waals surface area contributed by atoms with Crippen molar-refractivity contribution >= 4 is 11.7 Å². The van der Waals surface area contributed by atoms with Gasteiger partial charge in [0.2, 0.25) is 0 Å². The van der Waals surface area contributed by atoms with Crippen LogP contribution in [0.25, 0.3) is 0 Å². The number of anilines is 1. The first-order valence-corrected chi connectivity index (χ1v) is 9.75. The van der Waals surface area contributed by atoms with Crippen LogP contribution >= 0.6 is 0 Å². The predicted octanol–water partition coefficient (Wildman–Crippen LogP) is 2.56. The zero-order valence-electron chi connectivity index (χ0n) is 15.7. The fourth-order valence-electron chi connectivity index (χ4n) is 4.07. The van der Waals surface area contributed by atoms with E-state index < -0.39 is 0 Å². The van der Waals surface area contributed by atoms with Crippen LogP contribution in [0.1, 0.15) is 31.7 Å². The summed E-state index contributed by atoms with van der Waals surface area (Å²) in [5.41, 5.74) is 2.72. The van der Waals surface area contributed by atoms with Crippen molar-refractivity contribution in [3.05, 3.63) is 29.8 Å². The van der Waals surface area contributed by atoms with E-state index in [4.69, 9.17) is 0 Å². The van der Waals surface area contributed by atoms with Crippen LogP contribution in [0.3, 0.4) is 0 Å². The molecule has 0 radical (unpaired) electrons. The average Bonchev–Trinajstić information content (AvgIpc) is 3.06. The number of amides is 2. The number of benzene rings is 1. The predicted molar refractivity (Wildman–Crippen MR) is 103 cm³/mol. The Kier molecular flexibility index (Phi) is 6.19. The second kappa shape index (κ2) is 8.56. The van der Waals surface area contributed by atoms with Gasteiger partial charge in [-0.3, -0.25) is 0 Å². The average molecular weight is 345 g/mol. The van der Waals surface area contributed by atoms with Gasteiger partial charge in [0, 0.05) is 44.5 Å². The smallest absolute Gasteiger partial charge is 0.317 e. The third-order valence-electron chi connectivity index (χ3n) is 5.71. The van der Waals surface area contributed by atoms with Crippen LogP contribution in [0.2, 0.25) is 0 Å². The van der Waals surface area contributed by atoms with Gasteiger partial charge in [-0.05, 0) is 50.9 Å². The number of likely N-dealkylation sites (tertiary alicyclic amines) is 1. The van der Waals surface area contributed by atoms with Crippen LogP contribution in [-0.4, -0.2) is 68.2 Å². The fraction of sp³-hybridized carbons (Fsp3) is 0.650. The van der Waals surface area contributed by atoms with Crippen LogP contribution < -0.4 is 10.2 Å². The molecule has 2 aliphatic heterocycles. The molecule has 2 aliphatic rings. The highest BCUT2D eigenvalue weighted by Gasteiger charge is 2.23. The van der Waals surface area contributed by atoms with Gasteiger partial charge in [-0.15, -0.1) is 0 Å². The molecule has 0 bridgehead atoms. The van der Waals surface area contributed by atoms with Crippen molar-refractivity contribution in [3.8, 4) is 0 Å². The number of hydrogen-bond donors (Lipinski definition) is 1. The van der Waals surface area contributed by atoms with Gasteiger partial charge in [-0.2, -0.15) is 0 Å². The molecule has 1 aromatic rings. The monoisotopic (exact) mass is 344 g/mol. The minimum Gasteiger partial charge on any atom is -0.368 e. The van der Waals surface area contributed by atoms with E-state index in [0.29, 0.717) is 6.04 Å². The summed E-state index contributed by atoms with van der Waals surface area (Å²) in [6.45, 7) is 7.60. The van der Waals surface area contributed by atoms with Gasteiger partial charge in [0.15, 0.2) is 0 Å². The first kappa shape index (κ1) is 18.1. The van der Waals surface area contributed by atoms with Crippen LogP contribution in [0.4, 0.5) is 10.5 Å². The summed E-state index contributed by atoms with van der Waals surface area (Å²) < 4.78 is 0. The van der Waals surface area contributed by atoms with E-state index in [2.05, 4.69) is 53.4 Å². The second-order valence-corrected chi connectivity index (χ2v) is 7.25. The van der Waals surface area contributed by atoms with Crippen LogP contribution in [0.5, 0.6) is 0 Å². The Morgan fingerprint density at radius 1 is 1.16 bits per heavy atom. The number of carbonyl (C=O) groups excluding carboxylic acids is 1. The second-order valence-electron chi connectivity index (χ2n) is 7.25. The maximum absolute atomic E-state index is 12.4. The molecule has 5 heteroatoms. The van der Waals surface area contributed by atoms with Gasteiger partial charge < -0.3 is 20.0 Å². The minimum absolute atomic E-state index is 0.101. The lowest BCUT2D eigenvalue weighted by atomic mass is 10.1. The number of carbonyl (C=O) groups is 1. The molecule has 2 amide bonds. The standard InChI is InChI=1S/C20H32N4O/c1-3-17-7-4-5-9-19(17)23-13-15-24(16-14-23)20(25)21-11-10-18-8-6-12-22(18)2/h4-5,7,9,18H,3,6,8,10-16H2,1-2H3,(H,21,25)/t18-/m0/s1. The number of nitrogens with zero attached hydrogens (tertiary/aromatic N) is 3. The molecule has 138 valence electrons. The molecule has 1 aromatic carbocycles. The Labute approximate surface area is 152 Å². The van der Waals surface area contributed by atoms with Gasteiger partial charge in [-0.1, -0.05) is 25.1 Å². The Morgan fingerprint density at radius 3 is 2.60 bits per heavy atom. The summed E-state index contributed by atoms with van der Waals surface area (Å²) in [7, 11) is 2.19. The van der Waals surface area contributed by atoms with Gasteiger partial charge in [-0.25, -0.2) is 4.79 Å². The van der Waals surface area contributed by atoms with Crippen LogP contribution in [0, 0.1) is 0 Å².